The van der Waals surface area contributed by atoms with Crippen molar-refractivity contribution in [3.63, 3.8) is 0 Å². The Bertz CT molecular complexity index is 878. The van der Waals surface area contributed by atoms with Gasteiger partial charge in [-0.15, -0.1) is 0 Å². The molecule has 0 aliphatic heterocycles. The van der Waals surface area contributed by atoms with Crippen molar-refractivity contribution in [3.8, 4) is 6.07 Å². The van der Waals surface area contributed by atoms with Crippen molar-refractivity contribution in [1.29, 1.82) is 5.26 Å². The minimum Gasteiger partial charge on any atom is -0.330 e. The van der Waals surface area contributed by atoms with E-state index >= 15 is 0 Å². The van der Waals surface area contributed by atoms with Gasteiger partial charge in [-0.1, -0.05) is 18.2 Å². The van der Waals surface area contributed by atoms with E-state index in [9.17, 15) is 8.78 Å². The average Bonchev–Trinajstić information content (AvgIpc) is 2.98. The molecule has 0 bridgehead atoms. The summed E-state index contributed by atoms with van der Waals surface area (Å²) >= 11 is 0. The quantitative estimate of drug-likeness (QED) is 0.738. The predicted molar refractivity (Wildman–Crippen MR) is 81.7 cm³/mol. The number of hydrogen-bond acceptors (Lipinski definition) is 2. The zero-order valence-electron chi connectivity index (χ0n) is 12.2. The molecule has 1 aromatic heterocycles. The largest absolute Gasteiger partial charge is 0.330 e. The van der Waals surface area contributed by atoms with E-state index in [2.05, 4.69) is 11.1 Å². The molecule has 0 amide bonds. The molecule has 0 aliphatic carbocycles. The number of aromatic nitrogens is 2. The number of imidazole rings is 1. The van der Waals surface area contributed by atoms with E-state index in [0.717, 1.165) is 17.5 Å². The molecule has 23 heavy (non-hydrogen) atoms. The average molecular weight is 309 g/mol. The maximum atomic E-state index is 13.3. The number of rotatable bonds is 4. The van der Waals surface area contributed by atoms with Crippen molar-refractivity contribution in [3.05, 3.63) is 89.0 Å². The lowest BCUT2D eigenvalue weighted by atomic mass is 10.1. The predicted octanol–water partition coefficient (Wildman–Crippen LogP) is 3.67. The van der Waals surface area contributed by atoms with Crippen LogP contribution in [0.4, 0.5) is 8.78 Å². The molecule has 3 aromatic rings. The first-order valence-electron chi connectivity index (χ1n) is 7.08. The summed E-state index contributed by atoms with van der Waals surface area (Å²) in [6.07, 6.45) is 3.90. The molecule has 3 nitrogen and oxygen atoms in total. The van der Waals surface area contributed by atoms with Crippen molar-refractivity contribution in [2.75, 3.05) is 0 Å². The first-order valence-corrected chi connectivity index (χ1v) is 7.08. The van der Waals surface area contributed by atoms with Crippen LogP contribution in [0, 0.1) is 23.0 Å². The topological polar surface area (TPSA) is 41.6 Å². The molecule has 0 saturated heterocycles. The smallest absolute Gasteiger partial charge is 0.159 e. The molecule has 0 aliphatic rings. The van der Waals surface area contributed by atoms with Crippen LogP contribution in [-0.2, 0) is 13.0 Å². The van der Waals surface area contributed by atoms with E-state index in [1.54, 1.807) is 18.3 Å². The van der Waals surface area contributed by atoms with Gasteiger partial charge in [-0.05, 0) is 35.4 Å². The van der Waals surface area contributed by atoms with Gasteiger partial charge in [-0.25, -0.2) is 13.8 Å². The van der Waals surface area contributed by atoms with E-state index < -0.39 is 11.6 Å². The van der Waals surface area contributed by atoms with Gasteiger partial charge < -0.3 is 4.57 Å². The minimum atomic E-state index is -0.859. The number of benzene rings is 2. The monoisotopic (exact) mass is 309 g/mol. The van der Waals surface area contributed by atoms with Crippen LogP contribution in [0.25, 0.3) is 0 Å². The molecule has 0 radical (unpaired) electrons. The van der Waals surface area contributed by atoms with Gasteiger partial charge in [-0.3, -0.25) is 0 Å². The lowest BCUT2D eigenvalue weighted by Crippen LogP contribution is -2.05. The second-order valence-electron chi connectivity index (χ2n) is 5.21. The Labute approximate surface area is 132 Å². The summed E-state index contributed by atoms with van der Waals surface area (Å²) in [6, 6.07) is 13.3. The molecule has 0 saturated carbocycles. The maximum Gasteiger partial charge on any atom is 0.159 e. The van der Waals surface area contributed by atoms with Crippen LogP contribution in [0.5, 0.6) is 0 Å². The van der Waals surface area contributed by atoms with Gasteiger partial charge in [0.05, 0.1) is 11.6 Å². The van der Waals surface area contributed by atoms with Gasteiger partial charge in [0.2, 0.25) is 0 Å². The Kier molecular flexibility index (Phi) is 4.15. The molecule has 0 spiro atoms. The van der Waals surface area contributed by atoms with Crippen LogP contribution in [0.2, 0.25) is 0 Å². The Morgan fingerprint density at radius 3 is 2.70 bits per heavy atom. The van der Waals surface area contributed by atoms with Gasteiger partial charge >= 0.3 is 0 Å². The first-order chi connectivity index (χ1) is 11.2. The maximum absolute atomic E-state index is 13.3. The fourth-order valence-corrected chi connectivity index (χ4v) is 2.42. The molecule has 1 heterocycles. The van der Waals surface area contributed by atoms with Crippen LogP contribution in [0.15, 0.2) is 54.9 Å². The molecular weight excluding hydrogens is 296 g/mol. The Balaban J connectivity index is 1.81. The van der Waals surface area contributed by atoms with Crippen LogP contribution < -0.4 is 0 Å². The number of nitrogens with zero attached hydrogens (tertiary/aromatic N) is 3. The summed E-state index contributed by atoms with van der Waals surface area (Å²) in [6.45, 7) is 0.564. The SMILES string of the molecule is N#Cc1cccc(Cn2ccnc2Cc2ccc(F)c(F)c2)c1. The van der Waals surface area contributed by atoms with Crippen molar-refractivity contribution in [1.82, 2.24) is 9.55 Å². The molecule has 114 valence electrons. The molecule has 3 rings (SSSR count). The third kappa shape index (κ3) is 3.43. The Morgan fingerprint density at radius 1 is 1.04 bits per heavy atom. The third-order valence-corrected chi connectivity index (χ3v) is 3.56. The zero-order chi connectivity index (χ0) is 16.2. The lowest BCUT2D eigenvalue weighted by Gasteiger charge is -2.09. The molecule has 0 N–H and O–H groups in total. The van der Waals surface area contributed by atoms with E-state index in [4.69, 9.17) is 5.26 Å². The summed E-state index contributed by atoms with van der Waals surface area (Å²) in [5, 5.41) is 8.95. The standard InChI is InChI=1S/C18H13F2N3/c19-16-5-4-13(9-17(16)20)10-18-22-6-7-23(18)12-15-3-1-2-14(8-15)11-21/h1-9H,10,12H2. The van der Waals surface area contributed by atoms with Crippen molar-refractivity contribution in [2.45, 2.75) is 13.0 Å². The highest BCUT2D eigenvalue weighted by molar-refractivity contribution is 5.33. The van der Waals surface area contributed by atoms with Crippen LogP contribution in [-0.4, -0.2) is 9.55 Å². The van der Waals surface area contributed by atoms with Crippen molar-refractivity contribution >= 4 is 0 Å². The van der Waals surface area contributed by atoms with Crippen LogP contribution in [0.3, 0.4) is 0 Å². The van der Waals surface area contributed by atoms with Crippen LogP contribution in [0.1, 0.15) is 22.5 Å². The van der Waals surface area contributed by atoms with Crippen LogP contribution >= 0.6 is 0 Å². The van der Waals surface area contributed by atoms with E-state index in [1.807, 2.05) is 29.0 Å². The first kappa shape index (κ1) is 14.9. The molecular formula is C18H13F2N3. The lowest BCUT2D eigenvalue weighted by molar-refractivity contribution is 0.507. The molecule has 5 heteroatoms. The fourth-order valence-electron chi connectivity index (χ4n) is 2.42. The zero-order valence-corrected chi connectivity index (χ0v) is 12.2. The summed E-state index contributed by atoms with van der Waals surface area (Å²) in [5.41, 5.74) is 2.24. The normalized spacial score (nSPS) is 10.5. The van der Waals surface area contributed by atoms with Gasteiger partial charge in [0, 0.05) is 25.4 Å². The third-order valence-electron chi connectivity index (χ3n) is 3.56. The summed E-state index contributed by atoms with van der Waals surface area (Å²) in [5.74, 6) is -0.967. The number of hydrogen-bond donors (Lipinski definition) is 0. The second-order valence-corrected chi connectivity index (χ2v) is 5.21. The summed E-state index contributed by atoms with van der Waals surface area (Å²) in [4.78, 5) is 4.28. The molecule has 0 fully saturated rings. The number of halogens is 2. The van der Waals surface area contributed by atoms with E-state index in [0.29, 0.717) is 24.1 Å². The Morgan fingerprint density at radius 2 is 1.91 bits per heavy atom. The molecule has 2 aromatic carbocycles. The molecule has 0 unspecified atom stereocenters. The highest BCUT2D eigenvalue weighted by Gasteiger charge is 2.08. The van der Waals surface area contributed by atoms with Crippen molar-refractivity contribution in [2.24, 2.45) is 0 Å². The highest BCUT2D eigenvalue weighted by Crippen LogP contribution is 2.14. The minimum absolute atomic E-state index is 0.405. The van der Waals surface area contributed by atoms with Gasteiger partial charge in [0.15, 0.2) is 11.6 Å². The van der Waals surface area contributed by atoms with Gasteiger partial charge in [-0.2, -0.15) is 5.26 Å². The number of nitriles is 1. The van der Waals surface area contributed by atoms with E-state index in [1.165, 1.54) is 6.07 Å². The molecule has 0 atom stereocenters. The van der Waals surface area contributed by atoms with E-state index in [-0.39, 0.29) is 0 Å². The highest BCUT2D eigenvalue weighted by atomic mass is 19.2. The second kappa shape index (κ2) is 6.41. The summed E-state index contributed by atoms with van der Waals surface area (Å²) in [7, 11) is 0. The van der Waals surface area contributed by atoms with Gasteiger partial charge in [0.1, 0.15) is 5.82 Å². The van der Waals surface area contributed by atoms with Crippen molar-refractivity contribution < 1.29 is 8.78 Å². The summed E-state index contributed by atoms with van der Waals surface area (Å²) < 4.78 is 28.2. The van der Waals surface area contributed by atoms with Gasteiger partial charge in [0.25, 0.3) is 0 Å². The fraction of sp³-hybridized carbons (Fsp3) is 0.111. The Hall–Kier alpha value is -3.00.